The summed E-state index contributed by atoms with van der Waals surface area (Å²) >= 11 is 0. The number of hydrogen-bond donors (Lipinski definition) is 2. The lowest BCUT2D eigenvalue weighted by Gasteiger charge is -2.40. The third-order valence-electron chi connectivity index (χ3n) is 3.12. The van der Waals surface area contributed by atoms with Crippen molar-refractivity contribution in [1.82, 2.24) is 10.6 Å². The number of carbonyl (C=O) groups excluding carboxylic acids is 1. The molecule has 1 fully saturated rings. The van der Waals surface area contributed by atoms with Gasteiger partial charge in [0.15, 0.2) is 0 Å². The van der Waals surface area contributed by atoms with Crippen molar-refractivity contribution < 1.29 is 4.79 Å². The Labute approximate surface area is 86.6 Å². The number of hydrogen-bond acceptors (Lipinski definition) is 2. The lowest BCUT2D eigenvalue weighted by atomic mass is 9.68. The molecule has 0 aromatic carbocycles. The second-order valence-electron chi connectivity index (χ2n) is 4.27. The fourth-order valence-electron chi connectivity index (χ4n) is 1.99. The Balaban J connectivity index is 2.32. The molecule has 0 unspecified atom stereocenters. The van der Waals surface area contributed by atoms with Gasteiger partial charge in [-0.25, -0.2) is 0 Å². The van der Waals surface area contributed by atoms with Gasteiger partial charge < -0.3 is 10.6 Å². The van der Waals surface area contributed by atoms with Crippen molar-refractivity contribution in [3.63, 3.8) is 0 Å². The van der Waals surface area contributed by atoms with E-state index in [9.17, 15) is 4.79 Å². The van der Waals surface area contributed by atoms with E-state index in [1.54, 1.807) is 0 Å². The van der Waals surface area contributed by atoms with E-state index in [0.29, 0.717) is 0 Å². The first-order valence-electron chi connectivity index (χ1n) is 5.68. The van der Waals surface area contributed by atoms with Gasteiger partial charge in [-0.3, -0.25) is 4.79 Å². The van der Waals surface area contributed by atoms with E-state index in [4.69, 9.17) is 0 Å². The van der Waals surface area contributed by atoms with Crippen molar-refractivity contribution >= 4 is 5.91 Å². The summed E-state index contributed by atoms with van der Waals surface area (Å²) in [6.07, 6.45) is 5.52. The zero-order valence-corrected chi connectivity index (χ0v) is 9.36. The molecule has 3 nitrogen and oxygen atoms in total. The van der Waals surface area contributed by atoms with Crippen LogP contribution in [0.15, 0.2) is 0 Å². The van der Waals surface area contributed by atoms with Gasteiger partial charge in [0.1, 0.15) is 0 Å². The van der Waals surface area contributed by atoms with Crippen molar-refractivity contribution in [2.75, 3.05) is 20.1 Å². The van der Waals surface area contributed by atoms with Crippen LogP contribution in [-0.4, -0.2) is 26.0 Å². The standard InChI is InChI=1S/C11H22N2O/c1-3-4-8-13-10(14)11(9-12-2)6-5-7-11/h12H,3-9H2,1-2H3,(H,13,14). The fraction of sp³-hybridized carbons (Fsp3) is 0.909. The van der Waals surface area contributed by atoms with E-state index in [2.05, 4.69) is 17.6 Å². The summed E-state index contributed by atoms with van der Waals surface area (Å²) in [5.41, 5.74) is -0.0809. The molecule has 14 heavy (non-hydrogen) atoms. The SMILES string of the molecule is CCCCNC(=O)C1(CNC)CCC1. The average Bonchev–Trinajstić information content (AvgIpc) is 2.11. The van der Waals surface area contributed by atoms with Gasteiger partial charge >= 0.3 is 0 Å². The van der Waals surface area contributed by atoms with Crippen LogP contribution in [0.25, 0.3) is 0 Å². The van der Waals surface area contributed by atoms with E-state index < -0.39 is 0 Å². The van der Waals surface area contributed by atoms with Crippen LogP contribution < -0.4 is 10.6 Å². The monoisotopic (exact) mass is 198 g/mol. The number of unbranched alkanes of at least 4 members (excludes halogenated alkanes) is 1. The maximum Gasteiger partial charge on any atom is 0.227 e. The van der Waals surface area contributed by atoms with Crippen LogP contribution in [0.3, 0.4) is 0 Å². The molecule has 0 bridgehead atoms. The third-order valence-corrected chi connectivity index (χ3v) is 3.12. The molecule has 0 aliphatic heterocycles. The first kappa shape index (κ1) is 11.5. The van der Waals surface area contributed by atoms with Crippen molar-refractivity contribution in [3.05, 3.63) is 0 Å². The quantitative estimate of drug-likeness (QED) is 0.631. The summed E-state index contributed by atoms with van der Waals surface area (Å²) in [5.74, 6) is 0.256. The third kappa shape index (κ3) is 2.47. The van der Waals surface area contributed by atoms with Crippen LogP contribution in [0.5, 0.6) is 0 Å². The normalized spacial score (nSPS) is 18.7. The van der Waals surface area contributed by atoms with Crippen molar-refractivity contribution in [1.29, 1.82) is 0 Å². The lowest BCUT2D eigenvalue weighted by molar-refractivity contribution is -0.135. The molecule has 0 heterocycles. The predicted octanol–water partition coefficient (Wildman–Crippen LogP) is 1.29. The van der Waals surface area contributed by atoms with Gasteiger partial charge in [0.25, 0.3) is 0 Å². The maximum absolute atomic E-state index is 11.9. The highest BCUT2D eigenvalue weighted by Crippen LogP contribution is 2.40. The first-order valence-corrected chi connectivity index (χ1v) is 5.68. The van der Waals surface area contributed by atoms with Gasteiger partial charge in [0.05, 0.1) is 5.41 Å². The Morgan fingerprint density at radius 3 is 2.57 bits per heavy atom. The van der Waals surface area contributed by atoms with Gasteiger partial charge in [0, 0.05) is 13.1 Å². The molecule has 1 saturated carbocycles. The molecule has 82 valence electrons. The van der Waals surface area contributed by atoms with E-state index in [-0.39, 0.29) is 11.3 Å². The molecule has 0 aromatic rings. The largest absolute Gasteiger partial charge is 0.356 e. The van der Waals surface area contributed by atoms with Crippen molar-refractivity contribution in [2.24, 2.45) is 5.41 Å². The highest BCUT2D eigenvalue weighted by molar-refractivity contribution is 5.83. The zero-order chi connectivity index (χ0) is 10.4. The van der Waals surface area contributed by atoms with Crippen LogP contribution in [0, 0.1) is 5.41 Å². The lowest BCUT2D eigenvalue weighted by Crippen LogP contribution is -2.51. The molecule has 2 N–H and O–H groups in total. The molecule has 1 aliphatic rings. The molecular weight excluding hydrogens is 176 g/mol. The molecule has 0 saturated heterocycles. The van der Waals surface area contributed by atoms with Gasteiger partial charge in [0.2, 0.25) is 5.91 Å². The summed E-state index contributed by atoms with van der Waals surface area (Å²) in [4.78, 5) is 11.9. The van der Waals surface area contributed by atoms with Crippen molar-refractivity contribution in [2.45, 2.75) is 39.0 Å². The van der Waals surface area contributed by atoms with Crippen LogP contribution in [0.1, 0.15) is 39.0 Å². The van der Waals surface area contributed by atoms with E-state index >= 15 is 0 Å². The highest BCUT2D eigenvalue weighted by atomic mass is 16.2. The van der Waals surface area contributed by atoms with Gasteiger partial charge in [-0.15, -0.1) is 0 Å². The number of amides is 1. The van der Waals surface area contributed by atoms with Crippen LogP contribution in [0.4, 0.5) is 0 Å². The number of nitrogens with one attached hydrogen (secondary N) is 2. The average molecular weight is 198 g/mol. The van der Waals surface area contributed by atoms with Crippen LogP contribution in [-0.2, 0) is 4.79 Å². The zero-order valence-electron chi connectivity index (χ0n) is 9.36. The molecule has 1 amide bonds. The topological polar surface area (TPSA) is 41.1 Å². The number of carbonyl (C=O) groups is 1. The first-order chi connectivity index (χ1) is 6.75. The maximum atomic E-state index is 11.9. The Hall–Kier alpha value is -0.570. The van der Waals surface area contributed by atoms with E-state index in [0.717, 1.165) is 38.8 Å². The summed E-state index contributed by atoms with van der Waals surface area (Å²) in [6, 6.07) is 0. The van der Waals surface area contributed by atoms with Gasteiger partial charge in [-0.1, -0.05) is 19.8 Å². The molecule has 0 atom stereocenters. The predicted molar refractivity (Wildman–Crippen MR) is 58.1 cm³/mol. The Kier molecular flexibility index (Phi) is 4.39. The molecule has 3 heteroatoms. The molecule has 1 rings (SSSR count). The van der Waals surface area contributed by atoms with Crippen molar-refractivity contribution in [3.8, 4) is 0 Å². The molecular formula is C11H22N2O. The van der Waals surface area contributed by atoms with Gasteiger partial charge in [-0.05, 0) is 26.3 Å². The van der Waals surface area contributed by atoms with E-state index in [1.165, 1.54) is 6.42 Å². The summed E-state index contributed by atoms with van der Waals surface area (Å²) in [7, 11) is 1.92. The molecule has 1 aliphatic carbocycles. The molecule has 0 aromatic heterocycles. The van der Waals surface area contributed by atoms with Crippen LogP contribution in [0.2, 0.25) is 0 Å². The molecule has 0 spiro atoms. The Morgan fingerprint density at radius 1 is 1.43 bits per heavy atom. The Bertz CT molecular complexity index is 188. The minimum absolute atomic E-state index is 0.0809. The minimum Gasteiger partial charge on any atom is -0.356 e. The highest BCUT2D eigenvalue weighted by Gasteiger charge is 2.42. The minimum atomic E-state index is -0.0809. The van der Waals surface area contributed by atoms with Crippen LogP contribution >= 0.6 is 0 Å². The summed E-state index contributed by atoms with van der Waals surface area (Å²) < 4.78 is 0. The van der Waals surface area contributed by atoms with Gasteiger partial charge in [-0.2, -0.15) is 0 Å². The second-order valence-corrected chi connectivity index (χ2v) is 4.27. The van der Waals surface area contributed by atoms with E-state index in [1.807, 2.05) is 7.05 Å². The molecule has 0 radical (unpaired) electrons. The fourth-order valence-corrected chi connectivity index (χ4v) is 1.99. The smallest absolute Gasteiger partial charge is 0.227 e. The number of rotatable bonds is 6. The summed E-state index contributed by atoms with van der Waals surface area (Å²) in [5, 5.41) is 6.15. The Morgan fingerprint density at radius 2 is 2.14 bits per heavy atom. The second kappa shape index (κ2) is 5.35. The summed E-state index contributed by atoms with van der Waals surface area (Å²) in [6.45, 7) is 3.80.